The van der Waals surface area contributed by atoms with Crippen molar-refractivity contribution in [2.75, 3.05) is 4.90 Å². The zero-order chi connectivity index (χ0) is 21.8. The van der Waals surface area contributed by atoms with Crippen molar-refractivity contribution >= 4 is 29.4 Å². The van der Waals surface area contributed by atoms with Crippen LogP contribution in [0.25, 0.3) is 6.08 Å². The van der Waals surface area contributed by atoms with E-state index in [0.717, 1.165) is 43.4 Å². The number of nitrogens with zero attached hydrogens (tertiary/aromatic N) is 2. The molecule has 3 aliphatic heterocycles. The van der Waals surface area contributed by atoms with Crippen molar-refractivity contribution in [2.24, 2.45) is 11.8 Å². The van der Waals surface area contributed by atoms with Crippen molar-refractivity contribution in [3.8, 4) is 0 Å². The van der Waals surface area contributed by atoms with Crippen LogP contribution in [0.1, 0.15) is 48.0 Å². The van der Waals surface area contributed by atoms with Crippen molar-refractivity contribution in [3.63, 3.8) is 0 Å². The first kappa shape index (κ1) is 19.5. The Kier molecular flexibility index (Phi) is 4.53. The number of Topliss-reactive ketones (excluding diaryl/α,β-unsaturated/α-hetero) is 1. The second-order valence-electron chi connectivity index (χ2n) is 9.38. The summed E-state index contributed by atoms with van der Waals surface area (Å²) in [5, 5.41) is 0. The van der Waals surface area contributed by atoms with E-state index in [1.54, 1.807) is 17.0 Å². The van der Waals surface area contributed by atoms with Gasteiger partial charge in [-0.1, -0.05) is 79.9 Å². The Hall–Kier alpha value is -3.21. The first-order valence-corrected chi connectivity index (χ1v) is 11.7. The van der Waals surface area contributed by atoms with Crippen LogP contribution in [0.3, 0.4) is 0 Å². The standard InChI is InChI=1S/C27H26N2O3/c30-25(18-10-3-1-4-11-18)24-23-22(21-16-15-17-9-7-8-14-20(17)29(21)24)26(31)28(27(23)32)19-12-5-2-6-13-19/h1,3-4,7-11,14-16,19,21-24H,2,5-6,12-13H2/t21-,22-,23+,24-/m1/s1. The maximum atomic E-state index is 13.8. The van der Waals surface area contributed by atoms with Gasteiger partial charge in [0, 0.05) is 17.3 Å². The molecule has 4 atom stereocenters. The third kappa shape index (κ3) is 2.73. The first-order valence-electron chi connectivity index (χ1n) is 11.7. The van der Waals surface area contributed by atoms with Crippen LogP contribution in [0.4, 0.5) is 5.69 Å². The molecule has 32 heavy (non-hydrogen) atoms. The maximum Gasteiger partial charge on any atom is 0.236 e. The molecule has 2 amide bonds. The number of fused-ring (bicyclic) bond motifs is 5. The van der Waals surface area contributed by atoms with Crippen molar-refractivity contribution in [1.29, 1.82) is 0 Å². The molecule has 6 rings (SSSR count). The van der Waals surface area contributed by atoms with Crippen LogP contribution < -0.4 is 4.90 Å². The van der Waals surface area contributed by atoms with E-state index in [1.165, 1.54) is 0 Å². The van der Waals surface area contributed by atoms with Gasteiger partial charge in [-0.05, 0) is 24.5 Å². The summed E-state index contributed by atoms with van der Waals surface area (Å²) in [4.78, 5) is 44.9. The molecule has 0 unspecified atom stereocenters. The molecule has 0 bridgehead atoms. The average molecular weight is 427 g/mol. The smallest absolute Gasteiger partial charge is 0.236 e. The number of anilines is 1. The van der Waals surface area contributed by atoms with Gasteiger partial charge in [0.1, 0.15) is 6.04 Å². The van der Waals surface area contributed by atoms with Crippen LogP contribution in [-0.4, -0.2) is 40.6 Å². The van der Waals surface area contributed by atoms with Crippen LogP contribution in [0.15, 0.2) is 60.7 Å². The van der Waals surface area contributed by atoms with Crippen LogP contribution in [-0.2, 0) is 9.59 Å². The van der Waals surface area contributed by atoms with E-state index < -0.39 is 17.9 Å². The molecule has 0 aromatic heterocycles. The van der Waals surface area contributed by atoms with Crippen LogP contribution in [0.5, 0.6) is 0 Å². The van der Waals surface area contributed by atoms with Crippen molar-refractivity contribution < 1.29 is 14.4 Å². The van der Waals surface area contributed by atoms with Crippen molar-refractivity contribution in [2.45, 2.75) is 50.2 Å². The molecular formula is C27H26N2O3. The maximum absolute atomic E-state index is 13.8. The van der Waals surface area contributed by atoms with Gasteiger partial charge in [0.25, 0.3) is 0 Å². The fourth-order valence-corrected chi connectivity index (χ4v) is 6.31. The normalized spacial score (nSPS) is 29.1. The highest BCUT2D eigenvalue weighted by Crippen LogP contribution is 2.50. The lowest BCUT2D eigenvalue weighted by Crippen LogP contribution is -2.51. The fourth-order valence-electron chi connectivity index (χ4n) is 6.31. The molecule has 5 nitrogen and oxygen atoms in total. The summed E-state index contributed by atoms with van der Waals surface area (Å²) in [5.74, 6) is -1.47. The van der Waals surface area contributed by atoms with Gasteiger partial charge in [-0.25, -0.2) is 0 Å². The number of rotatable bonds is 3. The summed E-state index contributed by atoms with van der Waals surface area (Å²) in [6.07, 6.45) is 9.06. The molecule has 2 aromatic rings. The van der Waals surface area contributed by atoms with E-state index in [-0.39, 0.29) is 29.7 Å². The number of carbonyl (C=O) groups is 3. The van der Waals surface area contributed by atoms with E-state index in [9.17, 15) is 14.4 Å². The molecule has 162 valence electrons. The second-order valence-corrected chi connectivity index (χ2v) is 9.38. The van der Waals surface area contributed by atoms with Crippen LogP contribution in [0, 0.1) is 11.8 Å². The minimum absolute atomic E-state index is 0.0184. The van der Waals surface area contributed by atoms with Gasteiger partial charge in [-0.15, -0.1) is 0 Å². The number of likely N-dealkylation sites (tertiary alicyclic amines) is 1. The summed E-state index contributed by atoms with van der Waals surface area (Å²) < 4.78 is 0. The molecule has 1 aliphatic carbocycles. The van der Waals surface area contributed by atoms with Gasteiger partial charge >= 0.3 is 0 Å². The van der Waals surface area contributed by atoms with E-state index >= 15 is 0 Å². The zero-order valence-corrected chi connectivity index (χ0v) is 17.9. The number of carbonyl (C=O) groups excluding carboxylic acids is 3. The summed E-state index contributed by atoms with van der Waals surface area (Å²) in [7, 11) is 0. The molecule has 0 spiro atoms. The largest absolute Gasteiger partial charge is 0.352 e. The number of amides is 2. The third-order valence-corrected chi connectivity index (χ3v) is 7.72. The first-order chi connectivity index (χ1) is 15.7. The minimum atomic E-state index is -0.677. The highest BCUT2D eigenvalue weighted by molar-refractivity contribution is 6.14. The zero-order valence-electron chi connectivity index (χ0n) is 17.9. The fraction of sp³-hybridized carbons (Fsp3) is 0.370. The second kappa shape index (κ2) is 7.44. The molecule has 4 aliphatic rings. The quantitative estimate of drug-likeness (QED) is 0.548. The van der Waals surface area contributed by atoms with E-state index in [2.05, 4.69) is 0 Å². The van der Waals surface area contributed by atoms with Crippen molar-refractivity contribution in [3.05, 3.63) is 71.8 Å². The summed E-state index contributed by atoms with van der Waals surface area (Å²) in [5.41, 5.74) is 2.52. The molecule has 2 saturated heterocycles. The van der Waals surface area contributed by atoms with Gasteiger partial charge in [0.2, 0.25) is 11.8 Å². The number of hydrogen-bond donors (Lipinski definition) is 0. The highest BCUT2D eigenvalue weighted by Gasteiger charge is 2.64. The Morgan fingerprint density at radius 1 is 0.812 bits per heavy atom. The van der Waals surface area contributed by atoms with E-state index in [1.807, 2.05) is 59.5 Å². The molecular weight excluding hydrogens is 400 g/mol. The molecule has 0 N–H and O–H groups in total. The average Bonchev–Trinajstić information content (AvgIpc) is 3.32. The predicted octanol–water partition coefficient (Wildman–Crippen LogP) is 4.09. The van der Waals surface area contributed by atoms with Crippen LogP contribution in [0.2, 0.25) is 0 Å². The summed E-state index contributed by atoms with van der Waals surface area (Å²) in [6, 6.07) is 16.1. The Morgan fingerprint density at radius 3 is 2.28 bits per heavy atom. The Labute approximate surface area is 187 Å². The number of ketones is 1. The lowest BCUT2D eigenvalue weighted by atomic mass is 9.86. The topological polar surface area (TPSA) is 57.7 Å². The Balaban J connectivity index is 1.46. The van der Waals surface area contributed by atoms with Gasteiger partial charge in [-0.3, -0.25) is 19.3 Å². The lowest BCUT2D eigenvalue weighted by molar-refractivity contribution is -0.143. The molecule has 3 heterocycles. The van der Waals surface area contributed by atoms with Gasteiger partial charge in [0.15, 0.2) is 5.78 Å². The number of imide groups is 1. The highest BCUT2D eigenvalue weighted by atomic mass is 16.2. The SMILES string of the molecule is O=C(c1ccccc1)[C@H]1[C@H]2C(=O)N(C3CCCCC3)C(=O)[C@@H]2[C@H]2C=Cc3ccccc3N21. The monoisotopic (exact) mass is 426 g/mol. The van der Waals surface area contributed by atoms with Gasteiger partial charge in [-0.2, -0.15) is 0 Å². The lowest BCUT2D eigenvalue weighted by Gasteiger charge is -2.38. The molecule has 1 saturated carbocycles. The molecule has 2 aromatic carbocycles. The third-order valence-electron chi connectivity index (χ3n) is 7.72. The minimum Gasteiger partial charge on any atom is -0.352 e. The summed E-state index contributed by atoms with van der Waals surface area (Å²) in [6.45, 7) is 0. The predicted molar refractivity (Wildman–Crippen MR) is 122 cm³/mol. The van der Waals surface area contributed by atoms with Gasteiger partial charge < -0.3 is 4.90 Å². The van der Waals surface area contributed by atoms with E-state index in [4.69, 9.17) is 0 Å². The van der Waals surface area contributed by atoms with Crippen molar-refractivity contribution in [1.82, 2.24) is 4.90 Å². The molecule has 5 heteroatoms. The van der Waals surface area contributed by atoms with Crippen LogP contribution >= 0.6 is 0 Å². The summed E-state index contributed by atoms with van der Waals surface area (Å²) >= 11 is 0. The molecule has 0 radical (unpaired) electrons. The number of hydrogen-bond acceptors (Lipinski definition) is 4. The number of benzene rings is 2. The molecule has 3 fully saturated rings. The van der Waals surface area contributed by atoms with Gasteiger partial charge in [0.05, 0.1) is 17.9 Å². The Bertz CT molecular complexity index is 1120. The van der Waals surface area contributed by atoms with E-state index in [0.29, 0.717) is 5.56 Å². The Morgan fingerprint density at radius 2 is 1.50 bits per heavy atom. The number of para-hydroxylation sites is 1.